The lowest BCUT2D eigenvalue weighted by atomic mass is 10.1. The SMILES string of the molecule is Cc1cccc(C(=O)NCCC(C)O)c1I. The highest BCUT2D eigenvalue weighted by Gasteiger charge is 2.10. The van der Waals surface area contributed by atoms with Crippen molar-refractivity contribution in [2.24, 2.45) is 0 Å². The smallest absolute Gasteiger partial charge is 0.252 e. The predicted molar refractivity (Wildman–Crippen MR) is 72.5 cm³/mol. The Morgan fingerprint density at radius 2 is 2.25 bits per heavy atom. The number of benzene rings is 1. The molecule has 0 aliphatic heterocycles. The first-order valence-electron chi connectivity index (χ1n) is 5.23. The van der Waals surface area contributed by atoms with E-state index in [1.54, 1.807) is 6.92 Å². The summed E-state index contributed by atoms with van der Waals surface area (Å²) in [6.07, 6.45) is 0.200. The van der Waals surface area contributed by atoms with E-state index in [4.69, 9.17) is 5.11 Å². The van der Waals surface area contributed by atoms with Gasteiger partial charge in [-0.25, -0.2) is 0 Å². The van der Waals surface area contributed by atoms with Crippen molar-refractivity contribution in [3.8, 4) is 0 Å². The average Bonchev–Trinajstić information content (AvgIpc) is 2.21. The van der Waals surface area contributed by atoms with Crippen molar-refractivity contribution in [3.05, 3.63) is 32.9 Å². The van der Waals surface area contributed by atoms with Crippen LogP contribution in [-0.4, -0.2) is 23.7 Å². The first-order valence-corrected chi connectivity index (χ1v) is 6.31. The van der Waals surface area contributed by atoms with Crippen molar-refractivity contribution < 1.29 is 9.90 Å². The molecule has 0 spiro atoms. The first-order chi connectivity index (χ1) is 7.52. The zero-order chi connectivity index (χ0) is 12.1. The fraction of sp³-hybridized carbons (Fsp3) is 0.417. The summed E-state index contributed by atoms with van der Waals surface area (Å²) >= 11 is 2.18. The summed E-state index contributed by atoms with van der Waals surface area (Å²) < 4.78 is 0.981. The Balaban J connectivity index is 2.63. The van der Waals surface area contributed by atoms with E-state index in [1.807, 2.05) is 25.1 Å². The van der Waals surface area contributed by atoms with Crippen LogP contribution in [0, 0.1) is 10.5 Å². The number of amides is 1. The van der Waals surface area contributed by atoms with Crippen molar-refractivity contribution in [1.82, 2.24) is 5.32 Å². The summed E-state index contributed by atoms with van der Waals surface area (Å²) in [6, 6.07) is 5.67. The van der Waals surface area contributed by atoms with Crippen LogP contribution < -0.4 is 5.32 Å². The summed E-state index contributed by atoms with van der Waals surface area (Å²) in [4.78, 5) is 11.8. The maximum Gasteiger partial charge on any atom is 0.252 e. The highest BCUT2D eigenvalue weighted by Crippen LogP contribution is 2.16. The van der Waals surface area contributed by atoms with Crippen LogP contribution in [0.3, 0.4) is 0 Å². The quantitative estimate of drug-likeness (QED) is 0.829. The lowest BCUT2D eigenvalue weighted by Crippen LogP contribution is -2.27. The summed E-state index contributed by atoms with van der Waals surface area (Å²) in [5.41, 5.74) is 1.80. The Morgan fingerprint density at radius 1 is 1.56 bits per heavy atom. The molecule has 0 saturated heterocycles. The molecule has 1 rings (SSSR count). The Kier molecular flexibility index (Phi) is 5.21. The molecule has 1 amide bonds. The van der Waals surface area contributed by atoms with Gasteiger partial charge in [0.05, 0.1) is 11.7 Å². The second kappa shape index (κ2) is 6.20. The minimum Gasteiger partial charge on any atom is -0.393 e. The van der Waals surface area contributed by atoms with E-state index < -0.39 is 0 Å². The highest BCUT2D eigenvalue weighted by atomic mass is 127. The maximum absolute atomic E-state index is 11.8. The van der Waals surface area contributed by atoms with Crippen LogP contribution in [0.2, 0.25) is 0 Å². The van der Waals surface area contributed by atoms with Crippen LogP contribution >= 0.6 is 22.6 Å². The minimum absolute atomic E-state index is 0.0752. The molecule has 1 atom stereocenters. The van der Waals surface area contributed by atoms with E-state index in [0.717, 1.165) is 9.13 Å². The largest absolute Gasteiger partial charge is 0.393 e. The Labute approximate surface area is 109 Å². The fourth-order valence-electron chi connectivity index (χ4n) is 1.31. The molecule has 0 aliphatic carbocycles. The van der Waals surface area contributed by atoms with Gasteiger partial charge in [0.25, 0.3) is 5.91 Å². The monoisotopic (exact) mass is 333 g/mol. The Hall–Kier alpha value is -0.620. The molecule has 1 aromatic carbocycles. The second-order valence-corrected chi connectivity index (χ2v) is 4.91. The van der Waals surface area contributed by atoms with Crippen molar-refractivity contribution in [2.45, 2.75) is 26.4 Å². The van der Waals surface area contributed by atoms with E-state index in [9.17, 15) is 4.79 Å². The zero-order valence-corrected chi connectivity index (χ0v) is 11.6. The molecule has 88 valence electrons. The molecule has 0 bridgehead atoms. The average molecular weight is 333 g/mol. The summed E-state index contributed by atoms with van der Waals surface area (Å²) in [5, 5.41) is 11.9. The van der Waals surface area contributed by atoms with Gasteiger partial charge in [-0.3, -0.25) is 4.79 Å². The Morgan fingerprint density at radius 3 is 2.88 bits per heavy atom. The van der Waals surface area contributed by atoms with E-state index in [0.29, 0.717) is 18.5 Å². The lowest BCUT2D eigenvalue weighted by molar-refractivity contribution is 0.0944. The second-order valence-electron chi connectivity index (χ2n) is 3.83. The fourth-order valence-corrected chi connectivity index (χ4v) is 1.92. The van der Waals surface area contributed by atoms with E-state index >= 15 is 0 Å². The number of carbonyl (C=O) groups is 1. The number of aliphatic hydroxyl groups excluding tert-OH is 1. The third-order valence-corrected chi connectivity index (χ3v) is 3.72. The molecule has 3 nitrogen and oxygen atoms in total. The molecule has 0 heterocycles. The van der Waals surface area contributed by atoms with E-state index in [1.165, 1.54) is 0 Å². The maximum atomic E-state index is 11.8. The Bertz CT molecular complexity index is 377. The molecular formula is C12H16INO2. The van der Waals surface area contributed by atoms with Gasteiger partial charge in [-0.1, -0.05) is 12.1 Å². The zero-order valence-electron chi connectivity index (χ0n) is 9.46. The van der Waals surface area contributed by atoms with Crippen LogP contribution in [-0.2, 0) is 0 Å². The highest BCUT2D eigenvalue weighted by molar-refractivity contribution is 14.1. The molecule has 0 aromatic heterocycles. The van der Waals surface area contributed by atoms with Crippen molar-refractivity contribution in [1.29, 1.82) is 0 Å². The molecule has 4 heteroatoms. The molecule has 1 aromatic rings. The molecule has 0 radical (unpaired) electrons. The van der Waals surface area contributed by atoms with Crippen molar-refractivity contribution >= 4 is 28.5 Å². The number of hydrogen-bond acceptors (Lipinski definition) is 2. The normalized spacial score (nSPS) is 12.2. The van der Waals surface area contributed by atoms with Gasteiger partial charge in [-0.2, -0.15) is 0 Å². The third kappa shape index (κ3) is 3.75. The van der Waals surface area contributed by atoms with Gasteiger partial charge in [0.15, 0.2) is 0 Å². The molecule has 2 N–H and O–H groups in total. The first kappa shape index (κ1) is 13.4. The minimum atomic E-state index is -0.378. The number of aliphatic hydroxyl groups is 1. The van der Waals surface area contributed by atoms with Crippen molar-refractivity contribution in [2.75, 3.05) is 6.54 Å². The summed E-state index contributed by atoms with van der Waals surface area (Å²) in [7, 11) is 0. The van der Waals surface area contributed by atoms with Gasteiger partial charge in [0.1, 0.15) is 0 Å². The van der Waals surface area contributed by atoms with Crippen LogP contribution in [0.5, 0.6) is 0 Å². The number of carbonyl (C=O) groups excluding carboxylic acids is 1. The molecule has 0 aliphatic rings. The molecule has 16 heavy (non-hydrogen) atoms. The number of halogens is 1. The van der Waals surface area contributed by atoms with Gasteiger partial charge >= 0.3 is 0 Å². The van der Waals surface area contributed by atoms with E-state index in [2.05, 4.69) is 27.9 Å². The van der Waals surface area contributed by atoms with Gasteiger partial charge < -0.3 is 10.4 Å². The standard InChI is InChI=1S/C12H16INO2/c1-8-4-3-5-10(11(8)13)12(16)14-7-6-9(2)15/h3-5,9,15H,6-7H2,1-2H3,(H,14,16). The van der Waals surface area contributed by atoms with Gasteiger partial charge in [0.2, 0.25) is 0 Å². The number of nitrogens with one attached hydrogen (secondary N) is 1. The van der Waals surface area contributed by atoms with Crippen LogP contribution in [0.15, 0.2) is 18.2 Å². The van der Waals surface area contributed by atoms with Crippen LogP contribution in [0.4, 0.5) is 0 Å². The summed E-state index contributed by atoms with van der Waals surface area (Å²) in [5.74, 6) is -0.0752. The molecular weight excluding hydrogens is 317 g/mol. The van der Waals surface area contributed by atoms with E-state index in [-0.39, 0.29) is 12.0 Å². The van der Waals surface area contributed by atoms with Gasteiger partial charge in [0, 0.05) is 10.1 Å². The van der Waals surface area contributed by atoms with Gasteiger partial charge in [-0.05, 0) is 54.5 Å². The van der Waals surface area contributed by atoms with Crippen molar-refractivity contribution in [3.63, 3.8) is 0 Å². The van der Waals surface area contributed by atoms with Crippen LogP contribution in [0.25, 0.3) is 0 Å². The third-order valence-electron chi connectivity index (χ3n) is 2.28. The molecule has 0 saturated carbocycles. The molecule has 1 unspecified atom stereocenters. The van der Waals surface area contributed by atoms with Crippen LogP contribution in [0.1, 0.15) is 29.3 Å². The summed E-state index contributed by atoms with van der Waals surface area (Å²) in [6.45, 7) is 4.19. The lowest BCUT2D eigenvalue weighted by Gasteiger charge is -2.09. The topological polar surface area (TPSA) is 49.3 Å². The predicted octanol–water partition coefficient (Wildman–Crippen LogP) is 2.10. The number of hydrogen-bond donors (Lipinski definition) is 2. The van der Waals surface area contributed by atoms with Gasteiger partial charge in [-0.15, -0.1) is 0 Å². The number of aryl methyl sites for hydroxylation is 1. The number of rotatable bonds is 4. The molecule has 0 fully saturated rings.